The van der Waals surface area contributed by atoms with E-state index in [1.807, 2.05) is 30.3 Å². The number of rotatable bonds is 5. The predicted molar refractivity (Wildman–Crippen MR) is 96.5 cm³/mol. The highest BCUT2D eigenvalue weighted by atomic mass is 16.5. The standard InChI is InChI=1S/C19H29N3O2/c1-3-7-16-14-15(9-13-24-16)19(23)21(2)17-8-6-10-20-18(17)22-11-4-5-12-22/h6,8,10,15-16H,3-5,7,9,11-14H2,1-2H3/t15-,16-/m0/s1. The molecule has 0 aliphatic carbocycles. The van der Waals surface area contributed by atoms with Gasteiger partial charge in [0, 0.05) is 38.9 Å². The number of carbonyl (C=O) groups excluding carboxylic acids is 1. The number of nitrogens with zero attached hydrogens (tertiary/aromatic N) is 3. The minimum absolute atomic E-state index is 0.0620. The lowest BCUT2D eigenvalue weighted by atomic mass is 9.92. The highest BCUT2D eigenvalue weighted by Crippen LogP contribution is 2.32. The van der Waals surface area contributed by atoms with Gasteiger partial charge in [0.2, 0.25) is 5.91 Å². The zero-order valence-electron chi connectivity index (χ0n) is 14.9. The molecule has 2 atom stereocenters. The summed E-state index contributed by atoms with van der Waals surface area (Å²) in [6.45, 7) is 4.92. The fraction of sp³-hybridized carbons (Fsp3) is 0.684. The maximum absolute atomic E-state index is 13.0. The van der Waals surface area contributed by atoms with Crippen LogP contribution in [0.2, 0.25) is 0 Å². The van der Waals surface area contributed by atoms with Crippen molar-refractivity contribution < 1.29 is 9.53 Å². The Labute approximate surface area is 145 Å². The first-order valence-electron chi connectivity index (χ1n) is 9.29. The lowest BCUT2D eigenvalue weighted by molar-refractivity contribution is -0.127. The fourth-order valence-corrected chi connectivity index (χ4v) is 3.84. The Hall–Kier alpha value is -1.62. The van der Waals surface area contributed by atoms with Crippen LogP contribution in [0.15, 0.2) is 18.3 Å². The Morgan fingerprint density at radius 3 is 2.96 bits per heavy atom. The van der Waals surface area contributed by atoms with Gasteiger partial charge in [-0.2, -0.15) is 0 Å². The molecule has 0 aromatic carbocycles. The Kier molecular flexibility index (Phi) is 5.72. The normalized spacial score (nSPS) is 24.2. The molecule has 2 saturated heterocycles. The molecule has 3 heterocycles. The van der Waals surface area contributed by atoms with E-state index < -0.39 is 0 Å². The molecule has 132 valence electrons. The summed E-state index contributed by atoms with van der Waals surface area (Å²) in [5, 5.41) is 0. The van der Waals surface area contributed by atoms with E-state index in [4.69, 9.17) is 4.74 Å². The van der Waals surface area contributed by atoms with Gasteiger partial charge in [0.25, 0.3) is 0 Å². The zero-order valence-corrected chi connectivity index (χ0v) is 14.9. The van der Waals surface area contributed by atoms with Crippen molar-refractivity contribution in [3.8, 4) is 0 Å². The summed E-state index contributed by atoms with van der Waals surface area (Å²) in [5.41, 5.74) is 0.933. The van der Waals surface area contributed by atoms with Crippen LogP contribution in [0.1, 0.15) is 45.4 Å². The van der Waals surface area contributed by atoms with E-state index in [1.165, 1.54) is 12.8 Å². The number of hydrogen-bond acceptors (Lipinski definition) is 4. The first-order valence-corrected chi connectivity index (χ1v) is 9.29. The van der Waals surface area contributed by atoms with Gasteiger partial charge >= 0.3 is 0 Å². The number of amides is 1. The minimum atomic E-state index is 0.0620. The summed E-state index contributed by atoms with van der Waals surface area (Å²) in [4.78, 5) is 21.7. The summed E-state index contributed by atoms with van der Waals surface area (Å²) >= 11 is 0. The third-order valence-corrected chi connectivity index (χ3v) is 5.19. The van der Waals surface area contributed by atoms with Gasteiger partial charge < -0.3 is 14.5 Å². The molecule has 2 fully saturated rings. The predicted octanol–water partition coefficient (Wildman–Crippen LogP) is 3.24. The highest BCUT2D eigenvalue weighted by molar-refractivity contribution is 5.97. The molecule has 5 nitrogen and oxygen atoms in total. The van der Waals surface area contributed by atoms with Gasteiger partial charge in [0.15, 0.2) is 5.82 Å². The summed E-state index contributed by atoms with van der Waals surface area (Å²) in [6.07, 6.45) is 8.26. The molecule has 0 bridgehead atoms. The Balaban J connectivity index is 1.73. The van der Waals surface area contributed by atoms with Crippen LogP contribution in [0.3, 0.4) is 0 Å². The van der Waals surface area contributed by atoms with Crippen LogP contribution in [0.25, 0.3) is 0 Å². The van der Waals surface area contributed by atoms with Crippen LogP contribution in [0.4, 0.5) is 11.5 Å². The first kappa shape index (κ1) is 17.2. The molecule has 0 radical (unpaired) electrons. The summed E-state index contributed by atoms with van der Waals surface area (Å²) < 4.78 is 5.80. The van der Waals surface area contributed by atoms with Crippen molar-refractivity contribution in [3.63, 3.8) is 0 Å². The summed E-state index contributed by atoms with van der Waals surface area (Å²) in [7, 11) is 1.89. The zero-order chi connectivity index (χ0) is 16.9. The first-order chi connectivity index (χ1) is 11.7. The van der Waals surface area contributed by atoms with Crippen LogP contribution in [-0.2, 0) is 9.53 Å². The molecule has 2 aliphatic rings. The lowest BCUT2D eigenvalue weighted by Crippen LogP contribution is -2.39. The van der Waals surface area contributed by atoms with Crippen LogP contribution < -0.4 is 9.80 Å². The quantitative estimate of drug-likeness (QED) is 0.831. The van der Waals surface area contributed by atoms with Crippen molar-refractivity contribution >= 4 is 17.4 Å². The molecule has 0 unspecified atom stereocenters. The maximum atomic E-state index is 13.0. The van der Waals surface area contributed by atoms with Gasteiger partial charge in [0.1, 0.15) is 0 Å². The monoisotopic (exact) mass is 331 g/mol. The van der Waals surface area contributed by atoms with Crippen molar-refractivity contribution in [2.24, 2.45) is 5.92 Å². The molecule has 0 spiro atoms. The third kappa shape index (κ3) is 3.72. The van der Waals surface area contributed by atoms with Gasteiger partial charge in [-0.05, 0) is 44.2 Å². The van der Waals surface area contributed by atoms with E-state index in [0.717, 1.165) is 50.3 Å². The van der Waals surface area contributed by atoms with Crippen LogP contribution >= 0.6 is 0 Å². The van der Waals surface area contributed by atoms with E-state index in [1.54, 1.807) is 0 Å². The van der Waals surface area contributed by atoms with Gasteiger partial charge in [0.05, 0.1) is 11.8 Å². The molecular weight excluding hydrogens is 302 g/mol. The van der Waals surface area contributed by atoms with Crippen molar-refractivity contribution in [1.29, 1.82) is 0 Å². The van der Waals surface area contributed by atoms with Crippen LogP contribution in [0, 0.1) is 5.92 Å². The van der Waals surface area contributed by atoms with E-state index in [-0.39, 0.29) is 17.9 Å². The van der Waals surface area contributed by atoms with Crippen molar-refractivity contribution in [3.05, 3.63) is 18.3 Å². The van der Waals surface area contributed by atoms with Gasteiger partial charge in [-0.15, -0.1) is 0 Å². The molecule has 1 aromatic rings. The molecule has 1 aromatic heterocycles. The number of hydrogen-bond donors (Lipinski definition) is 0. The largest absolute Gasteiger partial charge is 0.378 e. The van der Waals surface area contributed by atoms with Crippen molar-refractivity contribution in [2.45, 2.75) is 51.6 Å². The molecule has 0 N–H and O–H groups in total. The molecule has 24 heavy (non-hydrogen) atoms. The Bertz CT molecular complexity index is 555. The SMILES string of the molecule is CCC[C@H]1C[C@@H](C(=O)N(C)c2cccnc2N2CCCC2)CCO1. The van der Waals surface area contributed by atoms with E-state index in [9.17, 15) is 4.79 Å². The van der Waals surface area contributed by atoms with Gasteiger partial charge in [-0.1, -0.05) is 13.3 Å². The Morgan fingerprint density at radius 2 is 2.21 bits per heavy atom. The molecular formula is C19H29N3O2. The third-order valence-electron chi connectivity index (χ3n) is 5.19. The van der Waals surface area contributed by atoms with Crippen molar-refractivity contribution in [1.82, 2.24) is 4.98 Å². The highest BCUT2D eigenvalue weighted by Gasteiger charge is 2.31. The smallest absolute Gasteiger partial charge is 0.230 e. The molecule has 2 aliphatic heterocycles. The van der Waals surface area contributed by atoms with Crippen LogP contribution in [0.5, 0.6) is 0 Å². The second-order valence-electron chi connectivity index (χ2n) is 6.94. The van der Waals surface area contributed by atoms with Crippen LogP contribution in [-0.4, -0.2) is 43.7 Å². The Morgan fingerprint density at radius 1 is 1.42 bits per heavy atom. The second kappa shape index (κ2) is 7.97. The topological polar surface area (TPSA) is 45.7 Å². The molecule has 3 rings (SSSR count). The number of ether oxygens (including phenoxy) is 1. The number of anilines is 2. The molecule has 0 saturated carbocycles. The van der Waals surface area contributed by atoms with E-state index in [2.05, 4.69) is 16.8 Å². The minimum Gasteiger partial charge on any atom is -0.378 e. The number of pyridine rings is 1. The van der Waals surface area contributed by atoms with E-state index >= 15 is 0 Å². The van der Waals surface area contributed by atoms with Gasteiger partial charge in [-0.3, -0.25) is 4.79 Å². The number of carbonyl (C=O) groups is 1. The van der Waals surface area contributed by atoms with Crippen molar-refractivity contribution in [2.75, 3.05) is 36.5 Å². The molecule has 5 heteroatoms. The van der Waals surface area contributed by atoms with E-state index in [0.29, 0.717) is 6.61 Å². The maximum Gasteiger partial charge on any atom is 0.230 e. The summed E-state index contributed by atoms with van der Waals surface area (Å²) in [5.74, 6) is 1.21. The number of aromatic nitrogens is 1. The second-order valence-corrected chi connectivity index (χ2v) is 6.94. The van der Waals surface area contributed by atoms with Gasteiger partial charge in [-0.25, -0.2) is 4.98 Å². The fourth-order valence-electron chi connectivity index (χ4n) is 3.84. The summed E-state index contributed by atoms with van der Waals surface area (Å²) in [6, 6.07) is 3.93. The average Bonchev–Trinajstić information content (AvgIpc) is 3.15. The molecule has 1 amide bonds. The lowest BCUT2D eigenvalue weighted by Gasteiger charge is -2.32. The average molecular weight is 331 g/mol.